The van der Waals surface area contributed by atoms with Gasteiger partial charge in [0.05, 0.1) is 0 Å². The van der Waals surface area contributed by atoms with E-state index in [1.165, 1.54) is 0 Å². The van der Waals surface area contributed by atoms with Gasteiger partial charge in [-0.2, -0.15) is 0 Å². The zero-order valence-corrected chi connectivity index (χ0v) is 6.01. The van der Waals surface area contributed by atoms with Gasteiger partial charge in [0, 0.05) is 26.2 Å². The van der Waals surface area contributed by atoms with Crippen molar-refractivity contribution >= 4 is 17.4 Å². The zero-order chi connectivity index (χ0) is 2.00. The first kappa shape index (κ1) is 16.7. The maximum absolute atomic E-state index is 8.30. The Balaban J connectivity index is -0.00000000500. The molecule has 0 atom stereocenters. The minimum Gasteiger partial charge on any atom is 0 e. The van der Waals surface area contributed by atoms with Crippen molar-refractivity contribution in [3.8, 4) is 0 Å². The fraction of sp³-hybridized carbons (Fsp3) is 0. The Morgan fingerprint density at radius 3 is 1.25 bits per heavy atom. The smallest absolute Gasteiger partial charge is 0 e. The largest absolute Gasteiger partial charge is 0 e. The second kappa shape index (κ2) is 20.3. The van der Waals surface area contributed by atoms with E-state index in [1.54, 1.807) is 0 Å². The van der Waals surface area contributed by atoms with Crippen LogP contribution in [0.5, 0.6) is 0 Å². The maximum atomic E-state index is 8.30. The minimum absolute atomic E-state index is 0. The first-order chi connectivity index (χ1) is 1.00. The number of hydrogen-bond donors (Lipinski definition) is 0. The van der Waals surface area contributed by atoms with Gasteiger partial charge in [0.1, 0.15) is 0 Å². The minimum atomic E-state index is 0. The van der Waals surface area contributed by atoms with Crippen molar-refractivity contribution in [1.29, 1.82) is 0 Å². The molecule has 0 aromatic heterocycles. The van der Waals surface area contributed by atoms with E-state index in [1.807, 2.05) is 0 Å². The van der Waals surface area contributed by atoms with Crippen LogP contribution in [0.25, 0.3) is 0 Å². The molecule has 0 aliphatic carbocycles. The van der Waals surface area contributed by atoms with Gasteiger partial charge in [-0.25, -0.2) is 0 Å². The molecule has 0 aliphatic heterocycles. The summed E-state index contributed by atoms with van der Waals surface area (Å²) in [6.45, 7) is 0. The van der Waals surface area contributed by atoms with Crippen molar-refractivity contribution in [1.82, 2.24) is 0 Å². The van der Waals surface area contributed by atoms with E-state index >= 15 is 0 Å². The van der Waals surface area contributed by atoms with E-state index in [4.69, 9.17) is 3.25 Å². The van der Waals surface area contributed by atoms with Gasteiger partial charge in [0.2, 0.25) is 0 Å². The molecule has 0 unspecified atom stereocenters. The Labute approximate surface area is 67.0 Å². The summed E-state index contributed by atoms with van der Waals surface area (Å²) in [7, 11) is 0. The summed E-state index contributed by atoms with van der Waals surface area (Å²) in [6, 6.07) is 0. The second-order valence-electron chi connectivity index (χ2n) is 0. The normalized spacial score (nSPS) is 0.750. The molecule has 21 valence electrons. The van der Waals surface area contributed by atoms with Gasteiger partial charge in [-0.15, -0.1) is 0 Å². The monoisotopic (exact) mass is 229 g/mol. The second-order valence-corrected chi connectivity index (χ2v) is 0. The van der Waals surface area contributed by atoms with E-state index in [9.17, 15) is 0 Å². The fourth-order valence-corrected chi connectivity index (χ4v) is 0. The summed E-state index contributed by atoms with van der Waals surface area (Å²) in [6.07, 6.45) is 0. The molecule has 0 bridgehead atoms. The standard InChI is InChI=1S/Al.Nb.O.Zr.3H. The van der Waals surface area contributed by atoms with Gasteiger partial charge >= 0.3 is 24.3 Å². The first-order valence-corrected chi connectivity index (χ1v) is 1.08. The Morgan fingerprint density at radius 1 is 1.25 bits per heavy atom. The topological polar surface area (TPSA) is 17.1 Å². The number of rotatable bonds is 0. The molecule has 0 heterocycles. The molecule has 0 saturated heterocycles. The summed E-state index contributed by atoms with van der Waals surface area (Å²) >= 11 is 0.500. The van der Waals surface area contributed by atoms with Crippen molar-refractivity contribution in [3.63, 3.8) is 0 Å². The Kier molecular flexibility index (Phi) is 84.9. The average molecular weight is 230 g/mol. The van der Waals surface area contributed by atoms with E-state index in [-0.39, 0.29) is 43.6 Å². The van der Waals surface area contributed by atoms with Crippen LogP contribution in [0.15, 0.2) is 0 Å². The summed E-state index contributed by atoms with van der Waals surface area (Å²) in [5.41, 5.74) is 0. The molecule has 0 amide bonds. The SMILES string of the molecule is [AlH3].[O]=[Nb].[Zr]. The molecule has 0 aromatic rings. The van der Waals surface area contributed by atoms with Crippen LogP contribution in [-0.2, 0) is 50.5 Å². The molecule has 1 nitrogen and oxygen atoms in total. The zero-order valence-electron chi connectivity index (χ0n) is 1.36. The van der Waals surface area contributed by atoms with E-state index in [0.29, 0.717) is 21.0 Å². The van der Waals surface area contributed by atoms with Gasteiger partial charge in [-0.05, 0) is 0 Å². The van der Waals surface area contributed by atoms with E-state index < -0.39 is 0 Å². The van der Waals surface area contributed by atoms with Crippen molar-refractivity contribution in [2.45, 2.75) is 0 Å². The third kappa shape index (κ3) is 9.04. The van der Waals surface area contributed by atoms with Crippen molar-refractivity contribution in [3.05, 3.63) is 0 Å². The average Bonchev–Trinajstić information content (AvgIpc) is 1.00. The molecule has 0 aliphatic rings. The van der Waals surface area contributed by atoms with E-state index in [2.05, 4.69) is 0 Å². The number of hydrogen-bond acceptors (Lipinski definition) is 1. The van der Waals surface area contributed by atoms with Crippen molar-refractivity contribution in [2.24, 2.45) is 0 Å². The van der Waals surface area contributed by atoms with Gasteiger partial charge in [0.25, 0.3) is 0 Å². The molecule has 0 rings (SSSR count). The molecule has 0 N–H and O–H groups in total. The van der Waals surface area contributed by atoms with Crippen LogP contribution < -0.4 is 0 Å². The van der Waals surface area contributed by atoms with Gasteiger partial charge in [-0.1, -0.05) is 0 Å². The Hall–Kier alpha value is 1.96. The van der Waals surface area contributed by atoms with Crippen LogP contribution in [0.3, 0.4) is 0 Å². The van der Waals surface area contributed by atoms with Gasteiger partial charge in [0.15, 0.2) is 17.4 Å². The van der Waals surface area contributed by atoms with Crippen molar-refractivity contribution < 1.29 is 50.5 Å². The first-order valence-electron chi connectivity index (χ1n) is 0.183. The quantitative estimate of drug-likeness (QED) is 0.472. The maximum Gasteiger partial charge on any atom is 0 e. The molecule has 0 spiro atoms. The third-order valence-electron chi connectivity index (χ3n) is 0. The Morgan fingerprint density at radius 2 is 1.25 bits per heavy atom. The summed E-state index contributed by atoms with van der Waals surface area (Å²) in [4.78, 5) is 0. The molecule has 0 saturated carbocycles. The van der Waals surface area contributed by atoms with Crippen LogP contribution in [0.4, 0.5) is 0 Å². The van der Waals surface area contributed by atoms with Crippen LogP contribution in [0.2, 0.25) is 0 Å². The molecular formula is H3AlNbOZr. The molecule has 0 radical (unpaired) electrons. The summed E-state index contributed by atoms with van der Waals surface area (Å²) < 4.78 is 8.30. The predicted octanol–water partition coefficient (Wildman–Crippen LogP) is -1.31. The van der Waals surface area contributed by atoms with E-state index in [0.717, 1.165) is 0 Å². The van der Waals surface area contributed by atoms with Crippen LogP contribution >= 0.6 is 0 Å². The van der Waals surface area contributed by atoms with Crippen LogP contribution in [0.1, 0.15) is 0 Å². The predicted molar refractivity (Wildman–Crippen MR) is 10.6 cm³/mol. The summed E-state index contributed by atoms with van der Waals surface area (Å²) in [5, 5.41) is 0. The third-order valence-corrected chi connectivity index (χ3v) is 0. The summed E-state index contributed by atoms with van der Waals surface area (Å²) in [5.74, 6) is 0. The fourth-order valence-electron chi connectivity index (χ4n) is 0. The van der Waals surface area contributed by atoms with Crippen LogP contribution in [-0.4, -0.2) is 17.4 Å². The molecule has 0 aromatic carbocycles. The molecule has 0 fully saturated rings. The molecule has 4 heavy (non-hydrogen) atoms. The van der Waals surface area contributed by atoms with Crippen molar-refractivity contribution in [2.75, 3.05) is 0 Å². The molecular weight excluding hydrogens is 227 g/mol. The molecule has 4 heteroatoms. The van der Waals surface area contributed by atoms with Gasteiger partial charge in [-0.3, -0.25) is 0 Å². The Bertz CT molecular complexity index is 8.00. The van der Waals surface area contributed by atoms with Gasteiger partial charge < -0.3 is 0 Å². The van der Waals surface area contributed by atoms with Crippen LogP contribution in [0, 0.1) is 0 Å².